The van der Waals surface area contributed by atoms with Crippen molar-refractivity contribution >= 4 is 5.91 Å². The highest BCUT2D eigenvalue weighted by Gasteiger charge is 2.45. The Bertz CT molecular complexity index is 932. The van der Waals surface area contributed by atoms with Crippen molar-refractivity contribution in [2.45, 2.75) is 31.6 Å². The van der Waals surface area contributed by atoms with Crippen molar-refractivity contribution in [3.63, 3.8) is 0 Å². The van der Waals surface area contributed by atoms with Crippen LogP contribution in [-0.4, -0.2) is 66.0 Å². The van der Waals surface area contributed by atoms with Gasteiger partial charge in [-0.2, -0.15) is 0 Å². The van der Waals surface area contributed by atoms with Gasteiger partial charge in [0.05, 0.1) is 30.5 Å². The van der Waals surface area contributed by atoms with Gasteiger partial charge in [-0.15, -0.1) is 5.10 Å². The molecule has 0 radical (unpaired) electrons. The lowest BCUT2D eigenvalue weighted by atomic mass is 9.77. The minimum absolute atomic E-state index is 0.000374. The zero-order chi connectivity index (χ0) is 20.7. The second kappa shape index (κ2) is 7.88. The summed E-state index contributed by atoms with van der Waals surface area (Å²) in [5, 5.41) is 8.50. The third-order valence-electron chi connectivity index (χ3n) is 6.49. The van der Waals surface area contributed by atoms with Gasteiger partial charge in [-0.1, -0.05) is 11.3 Å². The number of nitrogens with zero attached hydrogens (tertiary/aromatic N) is 4. The van der Waals surface area contributed by atoms with Crippen LogP contribution >= 0.6 is 0 Å². The van der Waals surface area contributed by atoms with Crippen LogP contribution in [0.2, 0.25) is 0 Å². The monoisotopic (exact) mass is 414 g/mol. The molecule has 4 atom stereocenters. The second-order valence-corrected chi connectivity index (χ2v) is 8.21. The van der Waals surface area contributed by atoms with Crippen molar-refractivity contribution in [2.75, 3.05) is 34.1 Å². The average molecular weight is 414 g/mol. The number of fused-ring (bicyclic) bond motifs is 2. The van der Waals surface area contributed by atoms with Gasteiger partial charge >= 0.3 is 0 Å². The van der Waals surface area contributed by atoms with E-state index in [9.17, 15) is 4.79 Å². The molecule has 30 heavy (non-hydrogen) atoms. The molecule has 9 heteroatoms. The number of carbonyl (C=O) groups is 1. The number of ether oxygens (including phenoxy) is 4. The van der Waals surface area contributed by atoms with Crippen molar-refractivity contribution in [3.8, 4) is 11.5 Å². The third-order valence-corrected chi connectivity index (χ3v) is 6.49. The summed E-state index contributed by atoms with van der Waals surface area (Å²) in [5.41, 5.74) is 1.38. The van der Waals surface area contributed by atoms with Gasteiger partial charge in [0, 0.05) is 27.3 Å². The molecule has 2 fully saturated rings. The first-order valence-electron chi connectivity index (χ1n) is 10.3. The van der Waals surface area contributed by atoms with E-state index in [-0.39, 0.29) is 24.8 Å². The number of methoxy groups -OCH3 is 2. The molecular formula is C21H26N4O5. The predicted octanol–water partition coefficient (Wildman–Crippen LogP) is 1.89. The lowest BCUT2D eigenvalue weighted by molar-refractivity contribution is -0.00548. The fourth-order valence-corrected chi connectivity index (χ4v) is 5.05. The lowest BCUT2D eigenvalue weighted by Crippen LogP contribution is -2.37. The molecule has 1 aromatic heterocycles. The predicted molar refractivity (Wildman–Crippen MR) is 105 cm³/mol. The molecule has 3 aliphatic rings. The summed E-state index contributed by atoms with van der Waals surface area (Å²) >= 11 is 0. The van der Waals surface area contributed by atoms with E-state index in [0.717, 1.165) is 31.6 Å². The molecule has 1 aromatic carbocycles. The maximum Gasteiger partial charge on any atom is 0.257 e. The summed E-state index contributed by atoms with van der Waals surface area (Å²) in [4.78, 5) is 15.2. The summed E-state index contributed by atoms with van der Waals surface area (Å²) in [6.45, 7) is 2.05. The van der Waals surface area contributed by atoms with E-state index < -0.39 is 0 Å². The van der Waals surface area contributed by atoms with Crippen LogP contribution in [0.25, 0.3) is 0 Å². The molecule has 1 amide bonds. The van der Waals surface area contributed by atoms with Gasteiger partial charge in [-0.3, -0.25) is 4.79 Å². The lowest BCUT2D eigenvalue weighted by Gasteiger charge is -2.36. The Kier molecular flexibility index (Phi) is 5.08. The van der Waals surface area contributed by atoms with Gasteiger partial charge < -0.3 is 23.8 Å². The molecule has 3 heterocycles. The van der Waals surface area contributed by atoms with Crippen molar-refractivity contribution < 1.29 is 23.7 Å². The summed E-state index contributed by atoms with van der Waals surface area (Å²) in [5.74, 6) is 1.99. The van der Waals surface area contributed by atoms with Crippen LogP contribution in [0.4, 0.5) is 0 Å². The summed E-state index contributed by atoms with van der Waals surface area (Å²) in [6.07, 6.45) is 3.76. The van der Waals surface area contributed by atoms with E-state index >= 15 is 0 Å². The van der Waals surface area contributed by atoms with E-state index in [2.05, 4.69) is 10.3 Å². The number of para-hydroxylation sites is 1. The average Bonchev–Trinajstić information content (AvgIpc) is 3.50. The van der Waals surface area contributed by atoms with Crippen LogP contribution < -0.4 is 9.47 Å². The van der Waals surface area contributed by atoms with E-state index in [1.54, 1.807) is 14.2 Å². The number of aromatic nitrogens is 3. The molecule has 1 saturated heterocycles. The number of benzene rings is 1. The molecular weight excluding hydrogens is 388 g/mol. The maximum absolute atomic E-state index is 13.2. The van der Waals surface area contributed by atoms with Crippen LogP contribution in [0.15, 0.2) is 24.4 Å². The molecule has 1 aliphatic carbocycles. The molecule has 160 valence electrons. The topological polar surface area (TPSA) is 87.9 Å². The molecule has 9 nitrogen and oxygen atoms in total. The molecule has 2 aliphatic heterocycles. The van der Waals surface area contributed by atoms with E-state index in [1.165, 1.54) is 0 Å². The Morgan fingerprint density at radius 2 is 2.03 bits per heavy atom. The smallest absolute Gasteiger partial charge is 0.257 e. The van der Waals surface area contributed by atoms with Gasteiger partial charge in [-0.25, -0.2) is 4.68 Å². The Balaban J connectivity index is 1.32. The molecule has 0 N–H and O–H groups in total. The highest BCUT2D eigenvalue weighted by atomic mass is 16.7. The zero-order valence-corrected chi connectivity index (χ0v) is 17.2. The number of hydrogen-bond donors (Lipinski definition) is 0. The quantitative estimate of drug-likeness (QED) is 0.738. The molecule has 1 saturated carbocycles. The first kappa shape index (κ1) is 19.3. The van der Waals surface area contributed by atoms with Crippen LogP contribution in [-0.2, 0) is 16.1 Å². The van der Waals surface area contributed by atoms with E-state index in [4.69, 9.17) is 18.9 Å². The zero-order valence-electron chi connectivity index (χ0n) is 17.2. The molecule has 0 unspecified atom stereocenters. The van der Waals surface area contributed by atoms with Crippen LogP contribution in [0.3, 0.4) is 0 Å². The maximum atomic E-state index is 13.2. The van der Waals surface area contributed by atoms with Gasteiger partial charge in [0.2, 0.25) is 6.79 Å². The molecule has 2 aromatic rings. The van der Waals surface area contributed by atoms with Gasteiger partial charge in [0.25, 0.3) is 5.91 Å². The first-order valence-corrected chi connectivity index (χ1v) is 10.3. The highest BCUT2D eigenvalue weighted by molar-refractivity contribution is 5.98. The number of amides is 1. The Hall–Kier alpha value is -2.65. The van der Waals surface area contributed by atoms with Gasteiger partial charge in [0.1, 0.15) is 5.69 Å². The standard InChI is InChI=1S/C21H26N4O5/c1-27-11-15-10-25(23-22-15)17-6-13-8-24(9-14(13)7-19(17)28-2)21(26)16-4-3-5-18-20(16)30-12-29-18/h3-5,10,13-14,17,19H,6-9,11-12H2,1-2H3/t13-,14+,17-,19-/m1/s1. The van der Waals surface area contributed by atoms with Crippen molar-refractivity contribution in [3.05, 3.63) is 35.7 Å². The summed E-state index contributed by atoms with van der Waals surface area (Å²) in [7, 11) is 3.39. The number of hydrogen-bond acceptors (Lipinski definition) is 7. The first-order chi connectivity index (χ1) is 14.7. The number of likely N-dealkylation sites (tertiary alicyclic amines) is 1. The second-order valence-electron chi connectivity index (χ2n) is 8.21. The molecule has 0 bridgehead atoms. The third kappa shape index (κ3) is 3.31. The van der Waals surface area contributed by atoms with Crippen molar-refractivity contribution in [2.24, 2.45) is 11.8 Å². The number of rotatable bonds is 5. The minimum atomic E-state index is 0.000374. The summed E-state index contributed by atoms with van der Waals surface area (Å²) < 4.78 is 23.8. The highest BCUT2D eigenvalue weighted by Crippen LogP contribution is 2.43. The molecule has 0 spiro atoms. The van der Waals surface area contributed by atoms with Crippen LogP contribution in [0.5, 0.6) is 11.5 Å². The van der Waals surface area contributed by atoms with E-state index in [0.29, 0.717) is 35.5 Å². The Labute approximate surface area is 174 Å². The van der Waals surface area contributed by atoms with E-state index in [1.807, 2.05) is 34.0 Å². The number of carbonyl (C=O) groups excluding carboxylic acids is 1. The Morgan fingerprint density at radius 1 is 1.20 bits per heavy atom. The Morgan fingerprint density at radius 3 is 2.83 bits per heavy atom. The van der Waals surface area contributed by atoms with Gasteiger partial charge in [-0.05, 0) is 36.8 Å². The van der Waals surface area contributed by atoms with Crippen LogP contribution in [0, 0.1) is 11.8 Å². The molecule has 5 rings (SSSR count). The summed E-state index contributed by atoms with van der Waals surface area (Å²) in [6, 6.07) is 5.57. The van der Waals surface area contributed by atoms with Crippen LogP contribution in [0.1, 0.15) is 34.9 Å². The fourth-order valence-electron chi connectivity index (χ4n) is 5.05. The fraction of sp³-hybridized carbons (Fsp3) is 0.571. The minimum Gasteiger partial charge on any atom is -0.454 e. The largest absolute Gasteiger partial charge is 0.454 e. The SMILES string of the molecule is COCc1cn([C@@H]2C[C@@H]3CN(C(=O)c4cccc5c4OCO5)C[C@@H]3C[C@H]2OC)nn1. The van der Waals surface area contributed by atoms with Gasteiger partial charge in [0.15, 0.2) is 11.5 Å². The van der Waals surface area contributed by atoms with Crippen molar-refractivity contribution in [1.82, 2.24) is 19.9 Å². The van der Waals surface area contributed by atoms with Crippen molar-refractivity contribution in [1.29, 1.82) is 0 Å². The normalized spacial score (nSPS) is 27.3.